The van der Waals surface area contributed by atoms with Crippen LogP contribution in [0.2, 0.25) is 0 Å². The third kappa shape index (κ3) is 3.68. The van der Waals surface area contributed by atoms with Crippen molar-refractivity contribution in [2.45, 2.75) is 31.0 Å². The second kappa shape index (κ2) is 7.98. The van der Waals surface area contributed by atoms with E-state index in [1.54, 1.807) is 29.2 Å². The van der Waals surface area contributed by atoms with E-state index in [9.17, 15) is 13.2 Å². The third-order valence-electron chi connectivity index (χ3n) is 5.30. The molecule has 1 aliphatic rings. The minimum atomic E-state index is -3.66. The molecule has 3 heterocycles. The summed E-state index contributed by atoms with van der Waals surface area (Å²) >= 11 is 1.22. The van der Waals surface area contributed by atoms with E-state index in [-0.39, 0.29) is 22.7 Å². The highest BCUT2D eigenvalue weighted by molar-refractivity contribution is 7.91. The Labute approximate surface area is 180 Å². The molecule has 0 saturated carbocycles. The Morgan fingerprint density at radius 2 is 1.87 bits per heavy atom. The Morgan fingerprint density at radius 1 is 1.13 bits per heavy atom. The average Bonchev–Trinajstić information content (AvgIpc) is 3.34. The summed E-state index contributed by atoms with van der Waals surface area (Å²) in [6, 6.07) is 12.2. The van der Waals surface area contributed by atoms with Crippen LogP contribution in [-0.4, -0.2) is 54.4 Å². The lowest BCUT2D eigenvalue weighted by atomic mass is 10.1. The van der Waals surface area contributed by atoms with Gasteiger partial charge in [-0.15, -0.1) is 11.3 Å². The van der Waals surface area contributed by atoms with E-state index in [1.165, 1.54) is 15.6 Å². The first-order valence-electron chi connectivity index (χ1n) is 9.68. The number of hydrogen-bond donors (Lipinski definition) is 0. The van der Waals surface area contributed by atoms with Crippen LogP contribution in [0, 0.1) is 13.8 Å². The molecule has 0 radical (unpaired) electrons. The molecular formula is C21H23N3O4S2. The Bertz CT molecular complexity index is 1150. The monoisotopic (exact) mass is 445 g/mol. The van der Waals surface area contributed by atoms with Gasteiger partial charge in [0.25, 0.3) is 15.9 Å². The Hall–Kier alpha value is -2.49. The normalized spacial score (nSPS) is 18.0. The molecule has 3 aromatic rings. The Balaban J connectivity index is 1.53. The summed E-state index contributed by atoms with van der Waals surface area (Å²) in [5, 5.41) is 3.95. The van der Waals surface area contributed by atoms with E-state index in [2.05, 4.69) is 5.16 Å². The van der Waals surface area contributed by atoms with E-state index in [0.717, 1.165) is 16.1 Å². The quantitative estimate of drug-likeness (QED) is 0.613. The largest absolute Gasteiger partial charge is 0.361 e. The van der Waals surface area contributed by atoms with Gasteiger partial charge in [-0.05, 0) is 45.0 Å². The standard InChI is InChI=1S/C21H23N3O4S2/c1-14-13-23(21(25)17-7-5-4-6-8-17)11-12-24(14)30(26,27)19-10-9-18(29-19)20-15(2)22-28-16(20)3/h4-10,14H,11-13H2,1-3H3. The summed E-state index contributed by atoms with van der Waals surface area (Å²) < 4.78 is 33.6. The maximum absolute atomic E-state index is 13.3. The number of piperazine rings is 1. The first-order chi connectivity index (χ1) is 14.3. The second-order valence-electron chi connectivity index (χ2n) is 7.40. The van der Waals surface area contributed by atoms with E-state index in [0.29, 0.717) is 24.4 Å². The number of thiophene rings is 1. The molecular weight excluding hydrogens is 422 g/mol. The van der Waals surface area contributed by atoms with Crippen molar-refractivity contribution in [1.82, 2.24) is 14.4 Å². The van der Waals surface area contributed by atoms with Gasteiger partial charge < -0.3 is 9.42 Å². The lowest BCUT2D eigenvalue weighted by molar-refractivity contribution is 0.0642. The highest BCUT2D eigenvalue weighted by Crippen LogP contribution is 2.36. The van der Waals surface area contributed by atoms with Crippen LogP contribution in [0.25, 0.3) is 10.4 Å². The molecule has 1 atom stereocenters. The topological polar surface area (TPSA) is 83.7 Å². The molecule has 0 spiro atoms. The molecule has 9 heteroatoms. The number of amides is 1. The zero-order valence-electron chi connectivity index (χ0n) is 17.0. The van der Waals surface area contributed by atoms with Crippen molar-refractivity contribution >= 4 is 27.3 Å². The van der Waals surface area contributed by atoms with Gasteiger partial charge in [0.05, 0.1) is 11.3 Å². The van der Waals surface area contributed by atoms with Crippen molar-refractivity contribution in [3.05, 3.63) is 59.5 Å². The fourth-order valence-electron chi connectivity index (χ4n) is 3.79. The molecule has 0 N–H and O–H groups in total. The van der Waals surface area contributed by atoms with Gasteiger partial charge in [-0.1, -0.05) is 23.4 Å². The minimum absolute atomic E-state index is 0.0729. The van der Waals surface area contributed by atoms with Gasteiger partial charge >= 0.3 is 0 Å². The van der Waals surface area contributed by atoms with Crippen LogP contribution in [0.15, 0.2) is 51.2 Å². The average molecular weight is 446 g/mol. The number of carbonyl (C=O) groups excluding carboxylic acids is 1. The number of hydrogen-bond acceptors (Lipinski definition) is 6. The van der Waals surface area contributed by atoms with Crippen molar-refractivity contribution in [2.75, 3.05) is 19.6 Å². The maximum Gasteiger partial charge on any atom is 0.253 e. The third-order valence-corrected chi connectivity index (χ3v) is 8.88. The van der Waals surface area contributed by atoms with Gasteiger partial charge in [0.1, 0.15) is 9.97 Å². The highest BCUT2D eigenvalue weighted by atomic mass is 32.2. The van der Waals surface area contributed by atoms with Gasteiger partial charge in [-0.25, -0.2) is 8.42 Å². The van der Waals surface area contributed by atoms with E-state index in [1.807, 2.05) is 39.0 Å². The van der Waals surface area contributed by atoms with E-state index in [4.69, 9.17) is 4.52 Å². The van der Waals surface area contributed by atoms with Crippen molar-refractivity contribution in [2.24, 2.45) is 0 Å². The van der Waals surface area contributed by atoms with Crippen LogP contribution in [0.5, 0.6) is 0 Å². The number of benzene rings is 1. The predicted octanol–water partition coefficient (Wildman–Crippen LogP) is 3.56. The molecule has 2 aromatic heterocycles. The molecule has 1 aliphatic heterocycles. The number of sulfonamides is 1. The Morgan fingerprint density at radius 3 is 2.50 bits per heavy atom. The molecule has 7 nitrogen and oxygen atoms in total. The fourth-order valence-corrected chi connectivity index (χ4v) is 6.98. The molecule has 4 rings (SSSR count). The zero-order valence-corrected chi connectivity index (χ0v) is 18.7. The van der Waals surface area contributed by atoms with Crippen LogP contribution in [0.1, 0.15) is 28.7 Å². The summed E-state index contributed by atoms with van der Waals surface area (Å²) in [6.07, 6.45) is 0. The van der Waals surface area contributed by atoms with Crippen molar-refractivity contribution in [1.29, 1.82) is 0 Å². The number of aryl methyl sites for hydroxylation is 2. The van der Waals surface area contributed by atoms with Gasteiger partial charge in [0.15, 0.2) is 0 Å². The zero-order chi connectivity index (χ0) is 21.5. The lowest BCUT2D eigenvalue weighted by Gasteiger charge is -2.38. The van der Waals surface area contributed by atoms with Gasteiger partial charge in [-0.2, -0.15) is 4.31 Å². The van der Waals surface area contributed by atoms with Crippen LogP contribution in [0.3, 0.4) is 0 Å². The van der Waals surface area contributed by atoms with Gasteiger partial charge in [-0.3, -0.25) is 4.79 Å². The molecule has 158 valence electrons. The van der Waals surface area contributed by atoms with Crippen LogP contribution in [0.4, 0.5) is 0 Å². The minimum Gasteiger partial charge on any atom is -0.361 e. The fraction of sp³-hybridized carbons (Fsp3) is 0.333. The van der Waals surface area contributed by atoms with Crippen LogP contribution >= 0.6 is 11.3 Å². The Kier molecular flexibility index (Phi) is 5.52. The molecule has 1 unspecified atom stereocenters. The SMILES string of the molecule is Cc1noc(C)c1-c1ccc(S(=O)(=O)N2CCN(C(=O)c3ccccc3)CC2C)s1. The van der Waals surface area contributed by atoms with Gasteiger partial charge in [0, 0.05) is 36.1 Å². The number of aromatic nitrogens is 1. The molecule has 0 aliphatic carbocycles. The molecule has 1 aromatic carbocycles. The smallest absolute Gasteiger partial charge is 0.253 e. The van der Waals surface area contributed by atoms with E-state index >= 15 is 0 Å². The van der Waals surface area contributed by atoms with Crippen molar-refractivity contribution in [3.8, 4) is 10.4 Å². The van der Waals surface area contributed by atoms with Crippen LogP contribution in [-0.2, 0) is 10.0 Å². The summed E-state index contributed by atoms with van der Waals surface area (Å²) in [7, 11) is -3.66. The molecule has 1 fully saturated rings. The maximum atomic E-state index is 13.3. The molecule has 0 bridgehead atoms. The molecule has 1 saturated heterocycles. The summed E-state index contributed by atoms with van der Waals surface area (Å²) in [4.78, 5) is 15.2. The summed E-state index contributed by atoms with van der Waals surface area (Å²) in [5.74, 6) is 0.594. The number of nitrogens with zero attached hydrogens (tertiary/aromatic N) is 3. The van der Waals surface area contributed by atoms with Crippen molar-refractivity contribution < 1.29 is 17.7 Å². The lowest BCUT2D eigenvalue weighted by Crippen LogP contribution is -2.55. The molecule has 30 heavy (non-hydrogen) atoms. The first kappa shape index (κ1) is 20.8. The first-order valence-corrected chi connectivity index (χ1v) is 11.9. The second-order valence-corrected chi connectivity index (χ2v) is 10.6. The van der Waals surface area contributed by atoms with Gasteiger partial charge in [0.2, 0.25) is 0 Å². The highest BCUT2D eigenvalue weighted by Gasteiger charge is 2.36. The summed E-state index contributed by atoms with van der Waals surface area (Å²) in [5.41, 5.74) is 2.19. The summed E-state index contributed by atoms with van der Waals surface area (Å²) in [6.45, 7) is 6.47. The van der Waals surface area contributed by atoms with Crippen molar-refractivity contribution in [3.63, 3.8) is 0 Å². The van der Waals surface area contributed by atoms with Crippen LogP contribution < -0.4 is 0 Å². The number of rotatable bonds is 4. The molecule has 1 amide bonds. The predicted molar refractivity (Wildman–Crippen MR) is 115 cm³/mol. The van der Waals surface area contributed by atoms with E-state index < -0.39 is 10.0 Å². The number of carbonyl (C=O) groups is 1.